The molecule has 122 valence electrons. The van der Waals surface area contributed by atoms with Crippen molar-refractivity contribution in [3.8, 4) is 0 Å². The SMILES string of the molecule is C=Cc1c(C=C)c(C)c2ccccc2c1C.CC.CC.CC. The molecule has 0 aromatic heterocycles. The molecule has 0 aliphatic carbocycles. The summed E-state index contributed by atoms with van der Waals surface area (Å²) in [6.45, 7) is 24.1. The van der Waals surface area contributed by atoms with E-state index < -0.39 is 0 Å². The molecule has 0 aliphatic rings. The molecule has 0 aliphatic heterocycles. The molecule has 22 heavy (non-hydrogen) atoms. The molecule has 0 heterocycles. The molecule has 0 heteroatoms. The van der Waals surface area contributed by atoms with Crippen LogP contribution in [0.1, 0.15) is 63.8 Å². The Morgan fingerprint density at radius 2 is 0.909 bits per heavy atom. The molecule has 0 amide bonds. The van der Waals surface area contributed by atoms with E-state index in [0.717, 1.165) is 0 Å². The standard InChI is InChI=1S/C16H16.3C2H6/c1-5-13-11(3)15-9-7-8-10-16(15)12(4)14(13)6-2;3*1-2/h5-10H,1-2H2,3-4H3;3*1-2H3. The van der Waals surface area contributed by atoms with Crippen molar-refractivity contribution < 1.29 is 0 Å². The first-order chi connectivity index (χ1) is 10.7. The molecule has 2 aromatic rings. The van der Waals surface area contributed by atoms with Crippen LogP contribution in [-0.4, -0.2) is 0 Å². The molecule has 0 fully saturated rings. The van der Waals surface area contributed by atoms with Crippen LogP contribution >= 0.6 is 0 Å². The maximum atomic E-state index is 3.90. The summed E-state index contributed by atoms with van der Waals surface area (Å²) in [4.78, 5) is 0. The Morgan fingerprint density at radius 1 is 0.636 bits per heavy atom. The maximum absolute atomic E-state index is 3.90. The molecule has 0 atom stereocenters. The second kappa shape index (κ2) is 12.9. The average molecular weight is 299 g/mol. The molecule has 0 unspecified atom stereocenters. The van der Waals surface area contributed by atoms with Crippen LogP contribution in [0.3, 0.4) is 0 Å². The molecule has 0 radical (unpaired) electrons. The minimum absolute atomic E-state index is 1.20. The molecule has 0 saturated heterocycles. The smallest absolute Gasteiger partial charge is 0.0146 e. The molecule has 2 rings (SSSR count). The van der Waals surface area contributed by atoms with Gasteiger partial charge in [0.15, 0.2) is 0 Å². The third-order valence-electron chi connectivity index (χ3n) is 3.24. The van der Waals surface area contributed by atoms with E-state index in [4.69, 9.17) is 0 Å². The van der Waals surface area contributed by atoms with Crippen LogP contribution in [0, 0.1) is 13.8 Å². The summed E-state index contributed by atoms with van der Waals surface area (Å²) in [7, 11) is 0. The lowest BCUT2D eigenvalue weighted by Gasteiger charge is -2.14. The zero-order chi connectivity index (χ0) is 17.7. The Morgan fingerprint density at radius 3 is 1.14 bits per heavy atom. The van der Waals surface area contributed by atoms with Gasteiger partial charge in [0.05, 0.1) is 0 Å². The molecule has 0 bridgehead atoms. The summed E-state index contributed by atoms with van der Waals surface area (Å²) in [5.74, 6) is 0. The Labute approximate surface area is 138 Å². The lowest BCUT2D eigenvalue weighted by molar-refractivity contribution is 1.41. The van der Waals surface area contributed by atoms with Crippen LogP contribution in [-0.2, 0) is 0 Å². The zero-order valence-electron chi connectivity index (χ0n) is 15.9. The van der Waals surface area contributed by atoms with Crippen molar-refractivity contribution in [2.24, 2.45) is 0 Å². The fourth-order valence-corrected chi connectivity index (χ4v) is 2.36. The molecular formula is C22H34. The van der Waals surface area contributed by atoms with E-state index in [9.17, 15) is 0 Å². The number of fused-ring (bicyclic) bond motifs is 1. The second-order valence-electron chi connectivity index (χ2n) is 4.03. The highest BCUT2D eigenvalue weighted by atomic mass is 14.1. The van der Waals surface area contributed by atoms with Gasteiger partial charge in [0.2, 0.25) is 0 Å². The quantitative estimate of drug-likeness (QED) is 0.530. The fraction of sp³-hybridized carbons (Fsp3) is 0.364. The van der Waals surface area contributed by atoms with Crippen molar-refractivity contribution in [2.75, 3.05) is 0 Å². The maximum Gasteiger partial charge on any atom is -0.0146 e. The lowest BCUT2D eigenvalue weighted by Crippen LogP contribution is -1.93. The van der Waals surface area contributed by atoms with Gasteiger partial charge in [-0.05, 0) is 46.9 Å². The van der Waals surface area contributed by atoms with Crippen molar-refractivity contribution in [2.45, 2.75) is 55.4 Å². The Hall–Kier alpha value is -1.82. The summed E-state index contributed by atoms with van der Waals surface area (Å²) in [6, 6.07) is 8.49. The van der Waals surface area contributed by atoms with Gasteiger partial charge in [-0.1, -0.05) is 91.1 Å². The van der Waals surface area contributed by atoms with Crippen LogP contribution in [0.2, 0.25) is 0 Å². The summed E-state index contributed by atoms with van der Waals surface area (Å²) < 4.78 is 0. The van der Waals surface area contributed by atoms with Crippen LogP contribution in [0.4, 0.5) is 0 Å². The highest BCUT2D eigenvalue weighted by molar-refractivity contribution is 5.95. The predicted molar refractivity (Wildman–Crippen MR) is 108 cm³/mol. The number of hydrogen-bond acceptors (Lipinski definition) is 0. The average Bonchev–Trinajstić information content (AvgIpc) is 2.63. The molecule has 0 spiro atoms. The molecule has 0 saturated carbocycles. The van der Waals surface area contributed by atoms with Crippen molar-refractivity contribution in [3.05, 3.63) is 59.7 Å². The molecule has 0 nitrogen and oxygen atoms in total. The van der Waals surface area contributed by atoms with Gasteiger partial charge in [-0.25, -0.2) is 0 Å². The second-order valence-corrected chi connectivity index (χ2v) is 4.03. The van der Waals surface area contributed by atoms with Crippen LogP contribution in [0.5, 0.6) is 0 Å². The predicted octanol–water partition coefficient (Wildman–Crippen LogP) is 7.82. The van der Waals surface area contributed by atoms with E-state index in [1.54, 1.807) is 0 Å². The van der Waals surface area contributed by atoms with Crippen LogP contribution in [0.15, 0.2) is 37.4 Å². The van der Waals surface area contributed by atoms with Gasteiger partial charge in [-0.15, -0.1) is 0 Å². The summed E-state index contributed by atoms with van der Waals surface area (Å²) in [5.41, 5.74) is 4.97. The topological polar surface area (TPSA) is 0 Å². The van der Waals surface area contributed by atoms with E-state index in [1.807, 2.05) is 53.7 Å². The van der Waals surface area contributed by atoms with E-state index in [-0.39, 0.29) is 0 Å². The number of benzene rings is 2. The Bertz CT molecular complexity index is 522. The van der Waals surface area contributed by atoms with Crippen molar-refractivity contribution in [1.29, 1.82) is 0 Å². The highest BCUT2D eigenvalue weighted by Crippen LogP contribution is 2.31. The number of rotatable bonds is 2. The summed E-state index contributed by atoms with van der Waals surface area (Å²) in [6.07, 6.45) is 3.84. The normalized spacial score (nSPS) is 8.36. The lowest BCUT2D eigenvalue weighted by atomic mass is 9.90. The van der Waals surface area contributed by atoms with E-state index in [2.05, 4.69) is 51.3 Å². The van der Waals surface area contributed by atoms with Gasteiger partial charge in [-0.3, -0.25) is 0 Å². The minimum Gasteiger partial charge on any atom is -0.0984 e. The summed E-state index contributed by atoms with van der Waals surface area (Å²) in [5, 5.41) is 2.61. The van der Waals surface area contributed by atoms with Crippen molar-refractivity contribution in [3.63, 3.8) is 0 Å². The van der Waals surface area contributed by atoms with Gasteiger partial charge in [0.25, 0.3) is 0 Å². The van der Waals surface area contributed by atoms with E-state index in [0.29, 0.717) is 0 Å². The van der Waals surface area contributed by atoms with Crippen LogP contribution < -0.4 is 0 Å². The fourth-order valence-electron chi connectivity index (χ4n) is 2.36. The first kappa shape index (κ1) is 22.5. The van der Waals surface area contributed by atoms with Crippen molar-refractivity contribution in [1.82, 2.24) is 0 Å². The number of aryl methyl sites for hydroxylation is 2. The first-order valence-electron chi connectivity index (χ1n) is 8.47. The monoisotopic (exact) mass is 298 g/mol. The largest absolute Gasteiger partial charge is 0.0984 e. The minimum atomic E-state index is 1.20. The van der Waals surface area contributed by atoms with Gasteiger partial charge in [0.1, 0.15) is 0 Å². The molecule has 2 aromatic carbocycles. The Balaban J connectivity index is 0. The van der Waals surface area contributed by atoms with Crippen molar-refractivity contribution >= 4 is 22.9 Å². The van der Waals surface area contributed by atoms with E-state index in [1.165, 1.54) is 33.0 Å². The first-order valence-corrected chi connectivity index (χ1v) is 8.47. The number of hydrogen-bond donors (Lipinski definition) is 0. The summed E-state index contributed by atoms with van der Waals surface area (Å²) >= 11 is 0. The zero-order valence-corrected chi connectivity index (χ0v) is 15.9. The van der Waals surface area contributed by atoms with Gasteiger partial charge in [-0.2, -0.15) is 0 Å². The van der Waals surface area contributed by atoms with E-state index >= 15 is 0 Å². The van der Waals surface area contributed by atoms with Gasteiger partial charge in [0, 0.05) is 0 Å². The third-order valence-corrected chi connectivity index (χ3v) is 3.24. The van der Waals surface area contributed by atoms with Gasteiger partial charge < -0.3 is 0 Å². The Kier molecular flexibility index (Phi) is 13.2. The highest BCUT2D eigenvalue weighted by Gasteiger charge is 2.09. The van der Waals surface area contributed by atoms with Gasteiger partial charge >= 0.3 is 0 Å². The third kappa shape index (κ3) is 4.87. The van der Waals surface area contributed by atoms with Crippen LogP contribution in [0.25, 0.3) is 22.9 Å². The molecular weight excluding hydrogens is 264 g/mol. The molecule has 0 N–H and O–H groups in total.